The molecule has 0 saturated heterocycles. The van der Waals surface area contributed by atoms with Gasteiger partial charge in [-0.25, -0.2) is 4.68 Å². The van der Waals surface area contributed by atoms with E-state index in [0.29, 0.717) is 17.7 Å². The van der Waals surface area contributed by atoms with Crippen LogP contribution in [0.2, 0.25) is 0 Å². The fourth-order valence-corrected chi connectivity index (χ4v) is 3.28. The summed E-state index contributed by atoms with van der Waals surface area (Å²) in [5.41, 5.74) is 1.13. The van der Waals surface area contributed by atoms with Gasteiger partial charge in [-0.3, -0.25) is 4.79 Å². The molecule has 2 aromatic rings. The van der Waals surface area contributed by atoms with Crippen molar-refractivity contribution in [3.8, 4) is 5.75 Å². The van der Waals surface area contributed by atoms with Crippen molar-refractivity contribution in [1.29, 1.82) is 0 Å². The van der Waals surface area contributed by atoms with E-state index in [-0.39, 0.29) is 5.91 Å². The summed E-state index contributed by atoms with van der Waals surface area (Å²) in [5.74, 6) is 1.85. The number of nitrogens with one attached hydrogen (secondary N) is 1. The van der Waals surface area contributed by atoms with Crippen LogP contribution in [0.15, 0.2) is 34.9 Å². The lowest BCUT2D eigenvalue weighted by Gasteiger charge is -2.18. The predicted molar refractivity (Wildman–Crippen MR) is 97.3 cm³/mol. The highest BCUT2D eigenvalue weighted by atomic mass is 79.9. The molecule has 6 heteroatoms. The highest BCUT2D eigenvalue weighted by Crippen LogP contribution is 2.40. The van der Waals surface area contributed by atoms with Crippen LogP contribution in [-0.4, -0.2) is 21.8 Å². The lowest BCUT2D eigenvalue weighted by molar-refractivity contribution is -0.122. The Morgan fingerprint density at radius 2 is 2.12 bits per heavy atom. The van der Waals surface area contributed by atoms with Crippen LogP contribution in [-0.2, 0) is 4.79 Å². The number of halogens is 1. The Kier molecular flexibility index (Phi) is 4.94. The van der Waals surface area contributed by atoms with Crippen LogP contribution in [0.4, 0.5) is 5.82 Å². The molecule has 2 unspecified atom stereocenters. The highest BCUT2D eigenvalue weighted by molar-refractivity contribution is 9.10. The quantitative estimate of drug-likeness (QED) is 0.796. The maximum atomic E-state index is 12.5. The molecule has 24 heavy (non-hydrogen) atoms. The smallest absolute Gasteiger partial charge is 0.266 e. The summed E-state index contributed by atoms with van der Waals surface area (Å²) in [6.45, 7) is 5.89. The van der Waals surface area contributed by atoms with Crippen molar-refractivity contribution in [2.45, 2.75) is 45.8 Å². The molecule has 3 rings (SSSR count). The van der Waals surface area contributed by atoms with E-state index in [2.05, 4.69) is 33.3 Å². The third-order valence-electron chi connectivity index (χ3n) is 4.37. The third-order valence-corrected chi connectivity index (χ3v) is 4.99. The number of hydrogen-bond donors (Lipinski definition) is 1. The normalized spacial score (nSPS) is 16.5. The molecule has 0 radical (unpaired) electrons. The van der Waals surface area contributed by atoms with Gasteiger partial charge in [-0.15, -0.1) is 0 Å². The van der Waals surface area contributed by atoms with E-state index in [1.807, 2.05) is 35.9 Å². The zero-order valence-corrected chi connectivity index (χ0v) is 15.7. The van der Waals surface area contributed by atoms with Crippen LogP contribution in [0.1, 0.15) is 38.3 Å². The lowest BCUT2D eigenvalue weighted by atomic mass is 10.2. The summed E-state index contributed by atoms with van der Waals surface area (Å²) in [5, 5.41) is 7.28. The number of carbonyl (C=O) groups is 1. The Balaban J connectivity index is 1.65. The monoisotopic (exact) mass is 391 g/mol. The minimum Gasteiger partial charge on any atom is -0.480 e. The van der Waals surface area contributed by atoms with Crippen molar-refractivity contribution < 1.29 is 9.53 Å². The maximum absolute atomic E-state index is 12.5. The third kappa shape index (κ3) is 3.80. The Morgan fingerprint density at radius 3 is 2.79 bits per heavy atom. The van der Waals surface area contributed by atoms with Gasteiger partial charge in [0.15, 0.2) is 6.10 Å². The molecule has 2 atom stereocenters. The highest BCUT2D eigenvalue weighted by Gasteiger charge is 2.31. The molecule has 1 N–H and O–H groups in total. The van der Waals surface area contributed by atoms with Crippen LogP contribution in [0.25, 0.3) is 0 Å². The summed E-state index contributed by atoms with van der Waals surface area (Å²) >= 11 is 3.47. The summed E-state index contributed by atoms with van der Waals surface area (Å²) in [7, 11) is 0. The number of benzene rings is 1. The van der Waals surface area contributed by atoms with Gasteiger partial charge in [0, 0.05) is 6.07 Å². The van der Waals surface area contributed by atoms with Crippen LogP contribution in [0.3, 0.4) is 0 Å². The second-order valence-electron chi connectivity index (χ2n) is 6.42. The van der Waals surface area contributed by atoms with Crippen molar-refractivity contribution >= 4 is 27.7 Å². The number of amides is 1. The van der Waals surface area contributed by atoms with Gasteiger partial charge in [-0.05, 0) is 73.2 Å². The number of carbonyl (C=O) groups excluding carboxylic acids is 1. The van der Waals surface area contributed by atoms with Crippen molar-refractivity contribution in [3.63, 3.8) is 0 Å². The van der Waals surface area contributed by atoms with Crippen LogP contribution in [0.5, 0.6) is 5.75 Å². The second kappa shape index (κ2) is 6.97. The van der Waals surface area contributed by atoms with E-state index < -0.39 is 6.10 Å². The van der Waals surface area contributed by atoms with Gasteiger partial charge < -0.3 is 10.1 Å². The van der Waals surface area contributed by atoms with Gasteiger partial charge in [-0.1, -0.05) is 6.07 Å². The number of ether oxygens (including phenoxy) is 1. The van der Waals surface area contributed by atoms with Crippen molar-refractivity contribution in [2.75, 3.05) is 5.32 Å². The van der Waals surface area contributed by atoms with Crippen molar-refractivity contribution in [2.24, 2.45) is 5.92 Å². The molecular weight excluding hydrogens is 370 g/mol. The number of nitrogens with zero attached hydrogens (tertiary/aromatic N) is 2. The van der Waals surface area contributed by atoms with Crippen LogP contribution >= 0.6 is 15.9 Å². The zero-order chi connectivity index (χ0) is 17.3. The van der Waals surface area contributed by atoms with Crippen molar-refractivity contribution in [1.82, 2.24) is 9.78 Å². The van der Waals surface area contributed by atoms with Gasteiger partial charge in [0.25, 0.3) is 5.91 Å². The first-order chi connectivity index (χ1) is 11.5. The summed E-state index contributed by atoms with van der Waals surface area (Å²) in [6.07, 6.45) is 3.57. The van der Waals surface area contributed by atoms with Gasteiger partial charge in [0.05, 0.1) is 16.7 Å². The van der Waals surface area contributed by atoms with Crippen LogP contribution < -0.4 is 10.1 Å². The van der Waals surface area contributed by atoms with E-state index in [9.17, 15) is 4.79 Å². The molecule has 1 aliphatic carbocycles. The van der Waals surface area contributed by atoms with E-state index >= 15 is 0 Å². The molecule has 1 fully saturated rings. The molecule has 0 spiro atoms. The first-order valence-corrected chi connectivity index (χ1v) is 9.02. The Bertz CT molecular complexity index is 740. The number of hydrogen-bond acceptors (Lipinski definition) is 3. The number of aromatic nitrogens is 2. The first-order valence-electron chi connectivity index (χ1n) is 8.23. The topological polar surface area (TPSA) is 56.1 Å². The molecule has 1 aliphatic rings. The van der Waals surface area contributed by atoms with Gasteiger partial charge >= 0.3 is 0 Å². The molecule has 1 heterocycles. The summed E-state index contributed by atoms with van der Waals surface area (Å²) < 4.78 is 8.52. The van der Waals surface area contributed by atoms with Gasteiger partial charge in [0.2, 0.25) is 0 Å². The average Bonchev–Trinajstić information content (AvgIpc) is 3.29. The van der Waals surface area contributed by atoms with Crippen molar-refractivity contribution in [3.05, 3.63) is 40.5 Å². The molecule has 1 saturated carbocycles. The predicted octanol–water partition coefficient (Wildman–Crippen LogP) is 4.33. The van der Waals surface area contributed by atoms with Gasteiger partial charge in [-0.2, -0.15) is 5.10 Å². The maximum Gasteiger partial charge on any atom is 0.266 e. The lowest BCUT2D eigenvalue weighted by Crippen LogP contribution is -2.31. The SMILES string of the molecule is Cc1ccc(OC(C)C(=O)Nc2ccnn2C(C)C2CC2)c(Br)c1. The van der Waals surface area contributed by atoms with E-state index in [0.717, 1.165) is 15.9 Å². The second-order valence-corrected chi connectivity index (χ2v) is 7.28. The largest absolute Gasteiger partial charge is 0.480 e. The minimum absolute atomic E-state index is 0.188. The Labute approximate surface area is 150 Å². The number of anilines is 1. The minimum atomic E-state index is -0.608. The van der Waals surface area contributed by atoms with Gasteiger partial charge in [0.1, 0.15) is 11.6 Å². The standard InChI is InChI=1S/C18H22BrN3O2/c1-11-4-7-16(15(19)10-11)24-13(3)18(23)21-17-8-9-20-22(17)12(2)14-5-6-14/h4,7-10,12-14H,5-6H2,1-3H3,(H,21,23). The molecule has 5 nitrogen and oxygen atoms in total. The van der Waals surface area contributed by atoms with E-state index in [1.165, 1.54) is 12.8 Å². The molecule has 0 aliphatic heterocycles. The molecule has 0 bridgehead atoms. The molecule has 1 amide bonds. The van der Waals surface area contributed by atoms with E-state index in [1.54, 1.807) is 13.1 Å². The fraction of sp³-hybridized carbons (Fsp3) is 0.444. The van der Waals surface area contributed by atoms with Crippen LogP contribution in [0, 0.1) is 12.8 Å². The van der Waals surface area contributed by atoms with E-state index in [4.69, 9.17) is 4.74 Å². The Hall–Kier alpha value is -1.82. The zero-order valence-electron chi connectivity index (χ0n) is 14.1. The fourth-order valence-electron chi connectivity index (χ4n) is 2.69. The average molecular weight is 392 g/mol. The molecular formula is C18H22BrN3O2. The number of aryl methyl sites for hydroxylation is 1. The Morgan fingerprint density at radius 1 is 1.38 bits per heavy atom. The number of rotatable bonds is 6. The molecule has 1 aromatic heterocycles. The molecule has 1 aromatic carbocycles. The summed E-state index contributed by atoms with van der Waals surface area (Å²) in [4.78, 5) is 12.5. The first kappa shape index (κ1) is 17.0. The summed E-state index contributed by atoms with van der Waals surface area (Å²) in [6, 6.07) is 7.91. The molecule has 128 valence electrons.